The van der Waals surface area contributed by atoms with E-state index in [1.54, 1.807) is 0 Å². The fourth-order valence-corrected chi connectivity index (χ4v) is 2.75. The summed E-state index contributed by atoms with van der Waals surface area (Å²) < 4.78 is 3.29. The summed E-state index contributed by atoms with van der Waals surface area (Å²) in [5.41, 5.74) is 4.48. The normalized spacial score (nSPS) is 16.9. The topological polar surface area (TPSA) is 21.8 Å². The Kier molecular flexibility index (Phi) is 8.66. The van der Waals surface area contributed by atoms with Gasteiger partial charge < -0.3 is 0 Å². The van der Waals surface area contributed by atoms with Crippen LogP contribution in [0.3, 0.4) is 0 Å². The molecule has 0 unspecified atom stereocenters. The molecular weight excluding hydrogens is 637 g/mol. The zero-order chi connectivity index (χ0) is 13.5. The minimum absolute atomic E-state index is 0.971. The Bertz CT molecular complexity index is 375. The quantitative estimate of drug-likeness (QED) is 0.391. The molecule has 0 aromatic heterocycles. The first kappa shape index (κ1) is 17.1. The summed E-state index contributed by atoms with van der Waals surface area (Å²) in [4.78, 5) is 2.14. The largest absolute Gasteiger partial charge is 0.184 e. The van der Waals surface area contributed by atoms with Crippen LogP contribution in [-0.4, -0.2) is 36.1 Å². The second-order valence-corrected chi connectivity index (χ2v) is 9.11. The molecule has 0 saturated carbocycles. The van der Waals surface area contributed by atoms with Gasteiger partial charge in [0.05, 0.1) is 0 Å². The monoisotopic (exact) mass is 653 g/mol. The average Bonchev–Trinajstić information content (AvgIpc) is 2.57. The first-order valence-electron chi connectivity index (χ1n) is 5.30. The van der Waals surface area contributed by atoms with Crippen LogP contribution in [-0.2, 0) is 25.9 Å². The molecule has 18 heavy (non-hydrogen) atoms. The molecule has 0 amide bonds. The Morgan fingerprint density at radius 3 is 2.22 bits per heavy atom. The molecule has 7 heteroatoms. The van der Waals surface area contributed by atoms with Crippen LogP contribution in [0, 0.1) is 0 Å². The van der Waals surface area contributed by atoms with E-state index in [-0.39, 0.29) is 0 Å². The van der Waals surface area contributed by atoms with Gasteiger partial charge in [-0.1, -0.05) is 30.3 Å². The molecule has 1 fully saturated rings. The summed E-state index contributed by atoms with van der Waals surface area (Å²) >= 11 is 6.78. The number of nitrogens with one attached hydrogen (secondary N) is 1. The van der Waals surface area contributed by atoms with Gasteiger partial charge in [-0.2, -0.15) is 1.33 Å². The van der Waals surface area contributed by atoms with Crippen molar-refractivity contribution < 1.29 is 19.4 Å². The third-order valence-corrected chi connectivity index (χ3v) is 3.96. The van der Waals surface area contributed by atoms with Gasteiger partial charge in [-0.15, -0.1) is 0 Å². The van der Waals surface area contributed by atoms with Crippen LogP contribution in [0.15, 0.2) is 30.3 Å². The van der Waals surface area contributed by atoms with E-state index in [4.69, 9.17) is 0 Å². The van der Waals surface area contributed by atoms with Gasteiger partial charge in [0.2, 0.25) is 0 Å². The number of nitrogens with zero attached hydrogens (tertiary/aromatic N) is 3. The molecule has 1 aromatic carbocycles. The third kappa shape index (κ3) is 7.02. The SMILES string of the molecule is CN1CN(C)[C](=[Pt])N1.IN(I)Cc1ccccc1. The zero-order valence-corrected chi connectivity index (χ0v) is 16.8. The molecule has 1 saturated heterocycles. The van der Waals surface area contributed by atoms with E-state index in [1.807, 2.05) is 18.1 Å². The van der Waals surface area contributed by atoms with Crippen LogP contribution in [0.1, 0.15) is 5.56 Å². The molecular formula is C11H16I2N4Pt. The second kappa shape index (κ2) is 9.09. The average molecular weight is 653 g/mol. The van der Waals surface area contributed by atoms with Crippen molar-refractivity contribution in [2.24, 2.45) is 0 Å². The molecule has 0 aliphatic carbocycles. The Morgan fingerprint density at radius 2 is 1.89 bits per heavy atom. The second-order valence-electron chi connectivity index (χ2n) is 3.86. The predicted octanol–water partition coefficient (Wildman–Crippen LogP) is 2.15. The molecule has 2 rings (SSSR count). The number of hydrazine groups is 1. The van der Waals surface area contributed by atoms with E-state index in [0.717, 1.165) is 13.2 Å². The molecule has 104 valence electrons. The van der Waals surface area contributed by atoms with E-state index in [1.165, 1.54) is 9.71 Å². The third-order valence-electron chi connectivity index (χ3n) is 2.16. The van der Waals surface area contributed by atoms with Gasteiger partial charge in [-0.25, -0.2) is 0 Å². The van der Waals surface area contributed by atoms with E-state index in [0.29, 0.717) is 0 Å². The van der Waals surface area contributed by atoms with Crippen molar-refractivity contribution in [2.75, 3.05) is 20.8 Å². The Labute approximate surface area is 147 Å². The van der Waals surface area contributed by atoms with Crippen molar-refractivity contribution in [3.05, 3.63) is 35.9 Å². The van der Waals surface area contributed by atoms with Crippen molar-refractivity contribution >= 4 is 49.9 Å². The molecule has 1 aliphatic rings. The molecule has 1 aliphatic heterocycles. The summed E-state index contributed by atoms with van der Waals surface area (Å²) in [6.07, 6.45) is 0. The Hall–Kier alpha value is 1.08. The van der Waals surface area contributed by atoms with Gasteiger partial charge in [0.15, 0.2) is 0 Å². The van der Waals surface area contributed by atoms with E-state index < -0.39 is 0 Å². The summed E-state index contributed by atoms with van der Waals surface area (Å²) in [6.45, 7) is 1.97. The van der Waals surface area contributed by atoms with Crippen molar-refractivity contribution in [3.8, 4) is 0 Å². The molecule has 4 nitrogen and oxygen atoms in total. The molecule has 0 spiro atoms. The van der Waals surface area contributed by atoms with E-state index in [9.17, 15) is 0 Å². The fraction of sp³-hybridized carbons (Fsp3) is 0.364. The van der Waals surface area contributed by atoms with Crippen molar-refractivity contribution in [1.82, 2.24) is 16.7 Å². The fourth-order valence-electron chi connectivity index (χ4n) is 1.36. The first-order chi connectivity index (χ1) is 8.49. The van der Waals surface area contributed by atoms with E-state index in [2.05, 4.69) is 108 Å². The number of rotatable bonds is 2. The van der Waals surface area contributed by atoms with Crippen molar-refractivity contribution in [1.29, 1.82) is 0 Å². The number of halogens is 2. The number of hydrogen-bond donors (Lipinski definition) is 1. The Morgan fingerprint density at radius 1 is 1.28 bits per heavy atom. The van der Waals surface area contributed by atoms with Crippen LogP contribution in [0.5, 0.6) is 0 Å². The zero-order valence-electron chi connectivity index (χ0n) is 10.2. The molecule has 0 atom stereocenters. The van der Waals surface area contributed by atoms with Gasteiger partial charge in [0.25, 0.3) is 0 Å². The van der Waals surface area contributed by atoms with Crippen molar-refractivity contribution in [3.63, 3.8) is 0 Å². The van der Waals surface area contributed by atoms with Gasteiger partial charge in [-0.3, -0.25) is 0 Å². The summed E-state index contributed by atoms with van der Waals surface area (Å²) in [7, 11) is 4.07. The molecule has 1 heterocycles. The van der Waals surface area contributed by atoms with Crippen LogP contribution in [0.4, 0.5) is 0 Å². The van der Waals surface area contributed by atoms with Crippen LogP contribution < -0.4 is 5.43 Å². The van der Waals surface area contributed by atoms with Gasteiger partial charge >= 0.3 is 59.6 Å². The van der Waals surface area contributed by atoms with Crippen LogP contribution in [0.25, 0.3) is 0 Å². The predicted molar refractivity (Wildman–Crippen MR) is 88.6 cm³/mol. The number of benzene rings is 1. The minimum atomic E-state index is 0.971. The van der Waals surface area contributed by atoms with Crippen LogP contribution >= 0.6 is 45.7 Å². The van der Waals surface area contributed by atoms with Crippen molar-refractivity contribution in [2.45, 2.75) is 6.54 Å². The van der Waals surface area contributed by atoms with E-state index >= 15 is 0 Å². The van der Waals surface area contributed by atoms with Gasteiger partial charge in [-0.05, 0) is 5.56 Å². The van der Waals surface area contributed by atoms with Crippen LogP contribution in [0.2, 0.25) is 0 Å². The minimum Gasteiger partial charge on any atom is -0.184 e. The maximum atomic E-state index is 3.13. The Balaban J connectivity index is 0.000000184. The molecule has 0 bridgehead atoms. The van der Waals surface area contributed by atoms with Gasteiger partial charge in [0, 0.05) is 52.3 Å². The summed E-state index contributed by atoms with van der Waals surface area (Å²) in [5, 5.41) is 2.03. The number of hydrogen-bond acceptors (Lipinski definition) is 4. The maximum Gasteiger partial charge on any atom is 0.0435 e. The molecule has 0 radical (unpaired) electrons. The standard InChI is InChI=1S/C7H7I2N.C4H9N3.Pt/c8-10(9)6-7-4-2-1-3-5-7;1-6-3-5-7(2)4-6;/h1-5H,6H2;5H,4H2,1-2H3;. The maximum absolute atomic E-state index is 3.13. The molecule has 1 N–H and O–H groups in total. The summed E-state index contributed by atoms with van der Waals surface area (Å²) in [6, 6.07) is 10.4. The first-order valence-corrected chi connectivity index (χ1v) is 8.37. The van der Waals surface area contributed by atoms with Gasteiger partial charge in [0.1, 0.15) is 0 Å². The summed E-state index contributed by atoms with van der Waals surface area (Å²) in [5.74, 6) is 0. The smallest absolute Gasteiger partial charge is 0.0435 e. The molecule has 1 aromatic rings.